The average molecular weight is 164 g/mol. The number of rotatable bonds is 1. The van der Waals surface area contributed by atoms with Gasteiger partial charge in [-0.25, -0.2) is 0 Å². The summed E-state index contributed by atoms with van der Waals surface area (Å²) in [6, 6.07) is 7.39. The summed E-state index contributed by atoms with van der Waals surface area (Å²) < 4.78 is 0. The lowest BCUT2D eigenvalue weighted by Gasteiger charge is -2.06. The van der Waals surface area contributed by atoms with Crippen molar-refractivity contribution >= 4 is 0 Å². The van der Waals surface area contributed by atoms with Gasteiger partial charge in [-0.3, -0.25) is 10.9 Å². The lowest BCUT2D eigenvalue weighted by Crippen LogP contribution is -2.21. The molecular formula is C9H12N2O. The quantitative estimate of drug-likeness (QED) is 0.569. The van der Waals surface area contributed by atoms with Crippen LogP contribution in [0, 0.1) is 0 Å². The fourth-order valence-electron chi connectivity index (χ4n) is 1.45. The summed E-state index contributed by atoms with van der Waals surface area (Å²) in [5, 5.41) is 9.07. The number of phenols is 1. The van der Waals surface area contributed by atoms with Gasteiger partial charge in [0.2, 0.25) is 0 Å². The molecule has 0 bridgehead atoms. The highest BCUT2D eigenvalue weighted by Crippen LogP contribution is 2.19. The average Bonchev–Trinajstić information content (AvgIpc) is 2.58. The molecule has 0 spiro atoms. The van der Waals surface area contributed by atoms with Crippen molar-refractivity contribution in [3.63, 3.8) is 0 Å². The SMILES string of the molecule is Oc1ccc(C2CNNC2)cc1. The maximum Gasteiger partial charge on any atom is 0.115 e. The number of aromatic hydroxyl groups is 1. The second-order valence-electron chi connectivity index (χ2n) is 3.05. The number of benzene rings is 1. The van der Waals surface area contributed by atoms with Gasteiger partial charge in [-0.2, -0.15) is 0 Å². The molecule has 1 heterocycles. The summed E-state index contributed by atoms with van der Waals surface area (Å²) in [5.74, 6) is 0.864. The maximum absolute atomic E-state index is 9.07. The number of hydrogen-bond donors (Lipinski definition) is 3. The molecule has 1 aromatic carbocycles. The Morgan fingerprint density at radius 2 is 1.67 bits per heavy atom. The zero-order valence-corrected chi connectivity index (χ0v) is 6.75. The Morgan fingerprint density at radius 3 is 2.25 bits per heavy atom. The van der Waals surface area contributed by atoms with E-state index in [9.17, 15) is 0 Å². The van der Waals surface area contributed by atoms with E-state index in [0.29, 0.717) is 11.7 Å². The van der Waals surface area contributed by atoms with Crippen molar-refractivity contribution in [3.05, 3.63) is 29.8 Å². The molecule has 0 unspecified atom stereocenters. The topological polar surface area (TPSA) is 44.3 Å². The Morgan fingerprint density at radius 1 is 1.08 bits per heavy atom. The van der Waals surface area contributed by atoms with Gasteiger partial charge in [0.15, 0.2) is 0 Å². The number of phenolic OH excluding ortho intramolecular Hbond substituents is 1. The van der Waals surface area contributed by atoms with E-state index in [1.54, 1.807) is 12.1 Å². The Labute approximate surface area is 71.4 Å². The van der Waals surface area contributed by atoms with Crippen LogP contribution in [0.15, 0.2) is 24.3 Å². The van der Waals surface area contributed by atoms with Crippen LogP contribution in [0.3, 0.4) is 0 Å². The van der Waals surface area contributed by atoms with Crippen molar-refractivity contribution < 1.29 is 5.11 Å². The molecule has 0 aliphatic carbocycles. The molecule has 12 heavy (non-hydrogen) atoms. The summed E-state index contributed by atoms with van der Waals surface area (Å²) >= 11 is 0. The molecule has 0 saturated carbocycles. The molecule has 1 aromatic rings. The predicted molar refractivity (Wildman–Crippen MR) is 46.9 cm³/mol. The van der Waals surface area contributed by atoms with Crippen LogP contribution < -0.4 is 10.9 Å². The lowest BCUT2D eigenvalue weighted by atomic mass is 10.0. The first-order valence-corrected chi connectivity index (χ1v) is 4.11. The molecule has 2 rings (SSSR count). The van der Waals surface area contributed by atoms with Crippen LogP contribution in [-0.4, -0.2) is 18.2 Å². The van der Waals surface area contributed by atoms with Crippen LogP contribution in [0.5, 0.6) is 5.75 Å². The van der Waals surface area contributed by atoms with Crippen molar-refractivity contribution in [3.8, 4) is 5.75 Å². The Kier molecular flexibility index (Phi) is 1.98. The molecule has 0 amide bonds. The van der Waals surface area contributed by atoms with E-state index >= 15 is 0 Å². The van der Waals surface area contributed by atoms with Gasteiger partial charge in [0.1, 0.15) is 5.75 Å². The third kappa shape index (κ3) is 1.42. The third-order valence-electron chi connectivity index (χ3n) is 2.19. The maximum atomic E-state index is 9.07. The Balaban J connectivity index is 2.17. The minimum atomic E-state index is 0.331. The highest BCUT2D eigenvalue weighted by atomic mass is 16.3. The van der Waals surface area contributed by atoms with Crippen LogP contribution in [0.2, 0.25) is 0 Å². The molecule has 1 fully saturated rings. The minimum absolute atomic E-state index is 0.331. The van der Waals surface area contributed by atoms with Gasteiger partial charge in [0.25, 0.3) is 0 Å². The Hall–Kier alpha value is -1.06. The van der Waals surface area contributed by atoms with Gasteiger partial charge in [0.05, 0.1) is 0 Å². The summed E-state index contributed by atoms with van der Waals surface area (Å²) in [6.45, 7) is 1.93. The largest absolute Gasteiger partial charge is 0.508 e. The molecule has 64 valence electrons. The minimum Gasteiger partial charge on any atom is -0.508 e. The fourth-order valence-corrected chi connectivity index (χ4v) is 1.45. The first-order chi connectivity index (χ1) is 5.86. The second-order valence-corrected chi connectivity index (χ2v) is 3.05. The monoisotopic (exact) mass is 164 g/mol. The molecular weight excluding hydrogens is 152 g/mol. The predicted octanol–water partition coefficient (Wildman–Crippen LogP) is 0.584. The van der Waals surface area contributed by atoms with Crippen molar-refractivity contribution in [2.75, 3.05) is 13.1 Å². The van der Waals surface area contributed by atoms with Gasteiger partial charge in [-0.05, 0) is 17.7 Å². The van der Waals surface area contributed by atoms with Crippen molar-refractivity contribution in [1.29, 1.82) is 0 Å². The van der Waals surface area contributed by atoms with E-state index in [0.717, 1.165) is 13.1 Å². The lowest BCUT2D eigenvalue weighted by molar-refractivity contribution is 0.475. The standard InChI is InChI=1S/C9H12N2O/c12-9-3-1-7(2-4-9)8-5-10-11-6-8/h1-4,8,10-12H,5-6H2. The third-order valence-corrected chi connectivity index (χ3v) is 2.19. The summed E-state index contributed by atoms with van der Waals surface area (Å²) in [6.07, 6.45) is 0. The number of hydrazine groups is 1. The van der Waals surface area contributed by atoms with Crippen LogP contribution in [0.25, 0.3) is 0 Å². The zero-order valence-electron chi connectivity index (χ0n) is 6.75. The highest BCUT2D eigenvalue weighted by Gasteiger charge is 2.15. The van der Waals surface area contributed by atoms with E-state index in [-0.39, 0.29) is 0 Å². The van der Waals surface area contributed by atoms with E-state index in [2.05, 4.69) is 10.9 Å². The molecule has 3 nitrogen and oxygen atoms in total. The van der Waals surface area contributed by atoms with Crippen LogP contribution in [0.1, 0.15) is 11.5 Å². The fraction of sp³-hybridized carbons (Fsp3) is 0.333. The van der Waals surface area contributed by atoms with Crippen molar-refractivity contribution in [1.82, 2.24) is 10.9 Å². The summed E-state index contributed by atoms with van der Waals surface area (Å²) in [7, 11) is 0. The van der Waals surface area contributed by atoms with E-state index in [1.807, 2.05) is 12.1 Å². The first kappa shape index (κ1) is 7.58. The molecule has 3 heteroatoms. The van der Waals surface area contributed by atoms with Crippen molar-refractivity contribution in [2.45, 2.75) is 5.92 Å². The molecule has 0 radical (unpaired) electrons. The summed E-state index contributed by atoms with van der Waals surface area (Å²) in [4.78, 5) is 0. The summed E-state index contributed by atoms with van der Waals surface area (Å²) in [5.41, 5.74) is 7.41. The molecule has 1 saturated heterocycles. The van der Waals surface area contributed by atoms with Crippen LogP contribution >= 0.6 is 0 Å². The molecule has 0 aromatic heterocycles. The normalized spacial score (nSPS) is 18.3. The second kappa shape index (κ2) is 3.13. The van der Waals surface area contributed by atoms with Gasteiger partial charge >= 0.3 is 0 Å². The number of nitrogens with one attached hydrogen (secondary N) is 2. The van der Waals surface area contributed by atoms with Gasteiger partial charge in [-0.1, -0.05) is 12.1 Å². The highest BCUT2D eigenvalue weighted by molar-refractivity contribution is 5.29. The van der Waals surface area contributed by atoms with Gasteiger partial charge in [0, 0.05) is 19.0 Å². The van der Waals surface area contributed by atoms with E-state index in [1.165, 1.54) is 5.56 Å². The van der Waals surface area contributed by atoms with Crippen LogP contribution in [-0.2, 0) is 0 Å². The molecule has 1 aliphatic heterocycles. The van der Waals surface area contributed by atoms with E-state index in [4.69, 9.17) is 5.11 Å². The first-order valence-electron chi connectivity index (χ1n) is 4.11. The van der Waals surface area contributed by atoms with E-state index < -0.39 is 0 Å². The van der Waals surface area contributed by atoms with Crippen LogP contribution in [0.4, 0.5) is 0 Å². The molecule has 1 aliphatic rings. The Bertz CT molecular complexity index is 252. The molecule has 3 N–H and O–H groups in total. The molecule has 0 atom stereocenters. The smallest absolute Gasteiger partial charge is 0.115 e. The zero-order chi connectivity index (χ0) is 8.39. The van der Waals surface area contributed by atoms with Gasteiger partial charge < -0.3 is 5.11 Å². The van der Waals surface area contributed by atoms with Gasteiger partial charge in [-0.15, -0.1) is 0 Å². The number of hydrogen-bond acceptors (Lipinski definition) is 3. The van der Waals surface area contributed by atoms with Crippen molar-refractivity contribution in [2.24, 2.45) is 0 Å².